The molecule has 108 valence electrons. The van der Waals surface area contributed by atoms with E-state index in [1.807, 2.05) is 12.3 Å². The minimum atomic E-state index is 0.294. The lowest BCUT2D eigenvalue weighted by Crippen LogP contribution is -2.23. The number of nitrogens with one attached hydrogen (secondary N) is 2. The smallest absolute Gasteiger partial charge is 0.166 e. The van der Waals surface area contributed by atoms with Gasteiger partial charge in [0, 0.05) is 30.2 Å². The Balaban J connectivity index is 1.77. The first-order valence-corrected chi connectivity index (χ1v) is 7.97. The minimum Gasteiger partial charge on any atom is -0.343 e. The second kappa shape index (κ2) is 6.65. The van der Waals surface area contributed by atoms with Crippen LogP contribution in [0.1, 0.15) is 24.2 Å². The van der Waals surface area contributed by atoms with Gasteiger partial charge in [-0.2, -0.15) is 0 Å². The van der Waals surface area contributed by atoms with Gasteiger partial charge in [-0.1, -0.05) is 37.3 Å². The Morgan fingerprint density at radius 3 is 2.86 bits per heavy atom. The van der Waals surface area contributed by atoms with Crippen LogP contribution in [0.5, 0.6) is 0 Å². The number of aromatic nitrogens is 3. The zero-order chi connectivity index (χ0) is 14.5. The highest BCUT2D eigenvalue weighted by molar-refractivity contribution is 7.13. The summed E-state index contributed by atoms with van der Waals surface area (Å²) in [7, 11) is 0. The number of nitrogens with zero attached hydrogens (tertiary/aromatic N) is 2. The molecule has 0 aliphatic carbocycles. The fraction of sp³-hybridized carbons (Fsp3) is 0.250. The van der Waals surface area contributed by atoms with Gasteiger partial charge in [0.1, 0.15) is 0 Å². The Kier molecular flexibility index (Phi) is 4.43. The van der Waals surface area contributed by atoms with Gasteiger partial charge in [0.25, 0.3) is 0 Å². The quantitative estimate of drug-likeness (QED) is 0.733. The maximum absolute atomic E-state index is 4.69. The van der Waals surface area contributed by atoms with Crippen molar-refractivity contribution in [2.45, 2.75) is 19.4 Å². The van der Waals surface area contributed by atoms with Crippen LogP contribution in [0, 0.1) is 0 Å². The third-order valence-corrected chi connectivity index (χ3v) is 4.22. The number of H-pyrrole nitrogens is 1. The molecule has 0 saturated heterocycles. The van der Waals surface area contributed by atoms with E-state index in [2.05, 4.69) is 56.8 Å². The largest absolute Gasteiger partial charge is 0.343 e. The molecule has 0 radical (unpaired) electrons. The van der Waals surface area contributed by atoms with Gasteiger partial charge < -0.3 is 10.3 Å². The van der Waals surface area contributed by atoms with Gasteiger partial charge in [0.2, 0.25) is 0 Å². The molecule has 0 amide bonds. The van der Waals surface area contributed by atoms with Crippen LogP contribution in [0.15, 0.2) is 48.1 Å². The van der Waals surface area contributed by atoms with Gasteiger partial charge in [0.05, 0.1) is 5.69 Å². The SMILES string of the molecule is CCNC(Cc1csc(-c2ncc[nH]2)n1)c1ccccc1. The summed E-state index contributed by atoms with van der Waals surface area (Å²) in [4.78, 5) is 12.0. The van der Waals surface area contributed by atoms with Crippen LogP contribution < -0.4 is 5.32 Å². The number of aromatic amines is 1. The van der Waals surface area contributed by atoms with Crippen molar-refractivity contribution in [3.63, 3.8) is 0 Å². The topological polar surface area (TPSA) is 53.6 Å². The molecule has 2 aromatic heterocycles. The summed E-state index contributed by atoms with van der Waals surface area (Å²) in [6.45, 7) is 3.07. The Morgan fingerprint density at radius 2 is 2.14 bits per heavy atom. The molecular formula is C16H18N4S. The standard InChI is InChI=1S/C16H18N4S/c1-2-17-14(12-6-4-3-5-7-12)10-13-11-21-16(20-13)15-18-8-9-19-15/h3-9,11,14,17H,2,10H2,1H3,(H,18,19). The van der Waals surface area contributed by atoms with Gasteiger partial charge in [-0.3, -0.25) is 0 Å². The molecule has 0 saturated carbocycles. The monoisotopic (exact) mass is 298 g/mol. The molecule has 1 unspecified atom stereocenters. The van der Waals surface area contributed by atoms with E-state index >= 15 is 0 Å². The van der Waals surface area contributed by atoms with E-state index in [0.717, 1.165) is 29.5 Å². The van der Waals surface area contributed by atoms with E-state index < -0.39 is 0 Å². The van der Waals surface area contributed by atoms with Gasteiger partial charge in [0.15, 0.2) is 10.8 Å². The van der Waals surface area contributed by atoms with Crippen molar-refractivity contribution < 1.29 is 0 Å². The number of hydrogen-bond acceptors (Lipinski definition) is 4. The predicted octanol–water partition coefficient (Wildman–Crippen LogP) is 3.43. The number of hydrogen-bond donors (Lipinski definition) is 2. The van der Waals surface area contributed by atoms with Gasteiger partial charge in [-0.15, -0.1) is 11.3 Å². The average molecular weight is 298 g/mol. The van der Waals surface area contributed by atoms with Gasteiger partial charge in [-0.05, 0) is 12.1 Å². The summed E-state index contributed by atoms with van der Waals surface area (Å²) in [5, 5.41) is 6.59. The zero-order valence-corrected chi connectivity index (χ0v) is 12.7. The van der Waals surface area contributed by atoms with Crippen LogP contribution >= 0.6 is 11.3 Å². The van der Waals surface area contributed by atoms with E-state index in [1.54, 1.807) is 17.5 Å². The van der Waals surface area contributed by atoms with E-state index in [1.165, 1.54) is 5.56 Å². The molecule has 3 rings (SSSR count). The van der Waals surface area contributed by atoms with E-state index in [-0.39, 0.29) is 0 Å². The second-order valence-electron chi connectivity index (χ2n) is 4.81. The zero-order valence-electron chi connectivity index (χ0n) is 11.9. The summed E-state index contributed by atoms with van der Waals surface area (Å²) >= 11 is 1.63. The van der Waals surface area contributed by atoms with Crippen LogP contribution in [0.4, 0.5) is 0 Å². The third kappa shape index (κ3) is 3.37. The molecule has 4 nitrogen and oxygen atoms in total. The van der Waals surface area contributed by atoms with Crippen LogP contribution in [0.25, 0.3) is 10.8 Å². The number of rotatable bonds is 6. The third-order valence-electron chi connectivity index (χ3n) is 3.32. The Morgan fingerprint density at radius 1 is 1.29 bits per heavy atom. The van der Waals surface area contributed by atoms with Crippen molar-refractivity contribution in [1.82, 2.24) is 20.3 Å². The summed E-state index contributed by atoms with van der Waals surface area (Å²) < 4.78 is 0. The number of imidazole rings is 1. The van der Waals surface area contributed by atoms with E-state index in [9.17, 15) is 0 Å². The van der Waals surface area contributed by atoms with Crippen molar-refractivity contribution in [3.05, 3.63) is 59.4 Å². The number of thiazole rings is 1. The van der Waals surface area contributed by atoms with Crippen LogP contribution in [0.3, 0.4) is 0 Å². The van der Waals surface area contributed by atoms with Crippen molar-refractivity contribution in [2.75, 3.05) is 6.54 Å². The summed E-state index contributed by atoms with van der Waals surface area (Å²) in [6, 6.07) is 10.8. The van der Waals surface area contributed by atoms with Crippen LogP contribution in [-0.2, 0) is 6.42 Å². The molecule has 0 aliphatic rings. The molecule has 1 atom stereocenters. The fourth-order valence-corrected chi connectivity index (χ4v) is 3.13. The molecule has 0 bridgehead atoms. The lowest BCUT2D eigenvalue weighted by molar-refractivity contribution is 0.545. The first-order chi connectivity index (χ1) is 10.4. The lowest BCUT2D eigenvalue weighted by atomic mass is 10.0. The first kappa shape index (κ1) is 14.0. The molecule has 2 N–H and O–H groups in total. The highest BCUT2D eigenvalue weighted by Crippen LogP contribution is 2.24. The molecule has 0 fully saturated rings. The van der Waals surface area contributed by atoms with Gasteiger partial charge >= 0.3 is 0 Å². The van der Waals surface area contributed by atoms with Crippen molar-refractivity contribution >= 4 is 11.3 Å². The van der Waals surface area contributed by atoms with E-state index in [0.29, 0.717) is 6.04 Å². The summed E-state index contributed by atoms with van der Waals surface area (Å²) in [6.07, 6.45) is 4.46. The highest BCUT2D eigenvalue weighted by Gasteiger charge is 2.14. The Labute approximate surface area is 128 Å². The molecule has 21 heavy (non-hydrogen) atoms. The maximum Gasteiger partial charge on any atom is 0.166 e. The van der Waals surface area contributed by atoms with Gasteiger partial charge in [-0.25, -0.2) is 9.97 Å². The first-order valence-electron chi connectivity index (χ1n) is 7.09. The molecule has 0 spiro atoms. The second-order valence-corrected chi connectivity index (χ2v) is 5.66. The number of likely N-dealkylation sites (N-methyl/N-ethyl adjacent to an activating group) is 1. The fourth-order valence-electron chi connectivity index (χ4n) is 2.34. The van der Waals surface area contributed by atoms with Crippen molar-refractivity contribution in [1.29, 1.82) is 0 Å². The summed E-state index contributed by atoms with van der Waals surface area (Å²) in [5.74, 6) is 0.839. The van der Waals surface area contributed by atoms with Crippen molar-refractivity contribution in [2.24, 2.45) is 0 Å². The normalized spacial score (nSPS) is 12.4. The Hall–Kier alpha value is -1.98. The molecule has 5 heteroatoms. The molecule has 2 heterocycles. The highest BCUT2D eigenvalue weighted by atomic mass is 32.1. The van der Waals surface area contributed by atoms with Crippen LogP contribution in [0.2, 0.25) is 0 Å². The molecular weight excluding hydrogens is 280 g/mol. The van der Waals surface area contributed by atoms with Crippen LogP contribution in [-0.4, -0.2) is 21.5 Å². The maximum atomic E-state index is 4.69. The lowest BCUT2D eigenvalue weighted by Gasteiger charge is -2.17. The predicted molar refractivity (Wildman–Crippen MR) is 86.3 cm³/mol. The Bertz CT molecular complexity index is 661. The van der Waals surface area contributed by atoms with E-state index in [4.69, 9.17) is 0 Å². The molecule has 0 aliphatic heterocycles. The summed E-state index contributed by atoms with van der Waals surface area (Å²) in [5.41, 5.74) is 2.40. The number of benzene rings is 1. The molecule has 1 aromatic carbocycles. The molecule has 3 aromatic rings. The van der Waals surface area contributed by atoms with Crippen molar-refractivity contribution in [3.8, 4) is 10.8 Å². The average Bonchev–Trinajstić information content (AvgIpc) is 3.19. The minimum absolute atomic E-state index is 0.294.